The van der Waals surface area contributed by atoms with Gasteiger partial charge in [-0.1, -0.05) is 25.3 Å². The number of hydrogen-bond donors (Lipinski definition) is 1. The smallest absolute Gasteiger partial charge is 0.410 e. The van der Waals surface area contributed by atoms with E-state index < -0.39 is 5.60 Å². The quantitative estimate of drug-likeness (QED) is 0.846. The summed E-state index contributed by atoms with van der Waals surface area (Å²) in [6, 6.07) is 4.62. The van der Waals surface area contributed by atoms with E-state index in [1.165, 1.54) is 32.1 Å². The summed E-state index contributed by atoms with van der Waals surface area (Å²) in [7, 11) is 0. The maximum Gasteiger partial charge on any atom is 0.410 e. The number of aromatic nitrogens is 1. The van der Waals surface area contributed by atoms with Crippen LogP contribution in [0.15, 0.2) is 18.3 Å². The minimum absolute atomic E-state index is 0.0506. The van der Waals surface area contributed by atoms with Gasteiger partial charge >= 0.3 is 6.09 Å². The molecule has 1 aliphatic heterocycles. The van der Waals surface area contributed by atoms with Gasteiger partial charge < -0.3 is 15.0 Å². The molecule has 5 nitrogen and oxygen atoms in total. The largest absolute Gasteiger partial charge is 0.444 e. The molecule has 0 unspecified atom stereocenters. The lowest BCUT2D eigenvalue weighted by Gasteiger charge is -2.30. The number of anilines is 1. The fourth-order valence-electron chi connectivity index (χ4n) is 3.88. The Morgan fingerprint density at radius 2 is 1.96 bits per heavy atom. The van der Waals surface area contributed by atoms with Crippen LogP contribution in [0.3, 0.4) is 0 Å². The van der Waals surface area contributed by atoms with E-state index in [2.05, 4.69) is 16.4 Å². The van der Waals surface area contributed by atoms with Gasteiger partial charge in [-0.2, -0.15) is 0 Å². The van der Waals surface area contributed by atoms with Crippen LogP contribution in [0.1, 0.15) is 77.3 Å². The fourth-order valence-corrected chi connectivity index (χ4v) is 3.88. The van der Waals surface area contributed by atoms with Crippen LogP contribution in [0.25, 0.3) is 0 Å². The van der Waals surface area contributed by atoms with Crippen LogP contribution in [0.4, 0.5) is 10.6 Å². The highest BCUT2D eigenvalue weighted by atomic mass is 16.6. The molecule has 0 aromatic carbocycles. The monoisotopic (exact) mass is 345 g/mol. The Morgan fingerprint density at radius 1 is 1.20 bits per heavy atom. The highest BCUT2D eigenvalue weighted by Crippen LogP contribution is 2.36. The molecule has 3 rings (SSSR count). The van der Waals surface area contributed by atoms with Crippen LogP contribution >= 0.6 is 0 Å². The van der Waals surface area contributed by atoms with Crippen molar-refractivity contribution in [2.24, 2.45) is 0 Å². The molecular weight excluding hydrogens is 314 g/mol. The molecule has 0 radical (unpaired) electrons. The minimum atomic E-state index is -0.470. The zero-order chi connectivity index (χ0) is 17.9. The molecule has 1 aromatic rings. The molecule has 1 aliphatic carbocycles. The van der Waals surface area contributed by atoms with Crippen molar-refractivity contribution in [1.29, 1.82) is 0 Å². The van der Waals surface area contributed by atoms with Crippen molar-refractivity contribution >= 4 is 11.9 Å². The number of nitrogens with one attached hydrogen (secondary N) is 1. The Balaban J connectivity index is 1.76. The number of carbonyl (C=O) groups is 1. The lowest BCUT2D eigenvalue weighted by molar-refractivity contribution is 0.0225. The first-order chi connectivity index (χ1) is 11.9. The second-order valence-corrected chi connectivity index (χ2v) is 8.25. The van der Waals surface area contributed by atoms with Gasteiger partial charge in [-0.25, -0.2) is 9.78 Å². The molecule has 25 heavy (non-hydrogen) atoms. The van der Waals surface area contributed by atoms with Crippen molar-refractivity contribution < 1.29 is 9.53 Å². The van der Waals surface area contributed by atoms with E-state index in [9.17, 15) is 4.79 Å². The van der Waals surface area contributed by atoms with Crippen molar-refractivity contribution in [3.05, 3.63) is 23.9 Å². The van der Waals surface area contributed by atoms with Crippen LogP contribution in [0, 0.1) is 0 Å². The molecule has 1 aromatic heterocycles. The predicted octanol–water partition coefficient (Wildman–Crippen LogP) is 4.90. The highest BCUT2D eigenvalue weighted by Gasteiger charge is 2.34. The van der Waals surface area contributed by atoms with E-state index >= 15 is 0 Å². The molecule has 5 heteroatoms. The molecule has 2 heterocycles. The van der Waals surface area contributed by atoms with Crippen molar-refractivity contribution in [1.82, 2.24) is 9.88 Å². The van der Waals surface area contributed by atoms with Crippen molar-refractivity contribution in [3.8, 4) is 0 Å². The Labute approximate surface area is 151 Å². The minimum Gasteiger partial charge on any atom is -0.444 e. The van der Waals surface area contributed by atoms with Crippen LogP contribution in [0.5, 0.6) is 0 Å². The van der Waals surface area contributed by atoms with E-state index in [0.717, 1.165) is 30.8 Å². The van der Waals surface area contributed by atoms with Gasteiger partial charge in [0.25, 0.3) is 0 Å². The topological polar surface area (TPSA) is 54.5 Å². The van der Waals surface area contributed by atoms with Crippen LogP contribution in [-0.4, -0.2) is 34.2 Å². The zero-order valence-electron chi connectivity index (χ0n) is 15.8. The standard InChI is InChI=1S/C20H31N3O2/c1-20(2,3)25-19(24)23-14-8-12-17(23)16-11-7-13-21-18(16)22-15-9-5-4-6-10-15/h7,11,13,15,17H,4-6,8-10,12,14H2,1-3H3,(H,21,22)/t17-/m0/s1. The van der Waals surface area contributed by atoms with Crippen LogP contribution in [-0.2, 0) is 4.74 Å². The van der Waals surface area contributed by atoms with E-state index in [0.29, 0.717) is 6.04 Å². The normalized spacial score (nSPS) is 22.0. The van der Waals surface area contributed by atoms with Crippen molar-refractivity contribution in [2.75, 3.05) is 11.9 Å². The summed E-state index contributed by atoms with van der Waals surface area (Å²) in [5.74, 6) is 0.940. The van der Waals surface area contributed by atoms with E-state index in [1.807, 2.05) is 37.9 Å². The fraction of sp³-hybridized carbons (Fsp3) is 0.700. The predicted molar refractivity (Wildman–Crippen MR) is 99.6 cm³/mol. The molecule has 1 saturated heterocycles. The van der Waals surface area contributed by atoms with Crippen molar-refractivity contribution in [2.45, 2.75) is 83.4 Å². The molecule has 1 atom stereocenters. The summed E-state index contributed by atoms with van der Waals surface area (Å²) >= 11 is 0. The Morgan fingerprint density at radius 3 is 2.68 bits per heavy atom. The first-order valence-electron chi connectivity index (χ1n) is 9.65. The van der Waals surface area contributed by atoms with Crippen molar-refractivity contribution in [3.63, 3.8) is 0 Å². The molecule has 0 bridgehead atoms. The highest BCUT2D eigenvalue weighted by molar-refractivity contribution is 5.70. The molecule has 2 fully saturated rings. The average molecular weight is 345 g/mol. The lowest BCUT2D eigenvalue weighted by Crippen LogP contribution is -2.36. The first-order valence-corrected chi connectivity index (χ1v) is 9.65. The number of hydrogen-bond acceptors (Lipinski definition) is 4. The third-order valence-corrected chi connectivity index (χ3v) is 5.02. The Kier molecular flexibility index (Phi) is 5.50. The van der Waals surface area contributed by atoms with Gasteiger partial charge in [0.1, 0.15) is 11.4 Å². The SMILES string of the molecule is CC(C)(C)OC(=O)N1CCC[C@H]1c1cccnc1NC1CCCCC1. The second kappa shape index (κ2) is 7.63. The number of carbonyl (C=O) groups excluding carboxylic acids is 1. The molecule has 2 aliphatic rings. The van der Waals surface area contributed by atoms with E-state index in [1.54, 1.807) is 0 Å². The van der Waals surface area contributed by atoms with E-state index in [-0.39, 0.29) is 12.1 Å². The summed E-state index contributed by atoms with van der Waals surface area (Å²) in [6.07, 6.45) is 9.89. The van der Waals surface area contributed by atoms with Gasteiger partial charge in [0.15, 0.2) is 0 Å². The summed E-state index contributed by atoms with van der Waals surface area (Å²) < 4.78 is 5.61. The maximum atomic E-state index is 12.6. The van der Waals surface area contributed by atoms with Gasteiger partial charge in [0.2, 0.25) is 0 Å². The molecular formula is C20H31N3O2. The molecule has 1 saturated carbocycles. The molecule has 1 amide bonds. The number of rotatable bonds is 3. The molecule has 138 valence electrons. The summed E-state index contributed by atoms with van der Waals surface area (Å²) in [5.41, 5.74) is 0.652. The number of nitrogens with zero attached hydrogens (tertiary/aromatic N) is 2. The third-order valence-electron chi connectivity index (χ3n) is 5.02. The summed E-state index contributed by atoms with van der Waals surface area (Å²) in [4.78, 5) is 19.1. The van der Waals surface area contributed by atoms with Gasteiger partial charge in [0, 0.05) is 24.3 Å². The number of amides is 1. The Hall–Kier alpha value is -1.78. The van der Waals surface area contributed by atoms with Gasteiger partial charge in [-0.15, -0.1) is 0 Å². The summed E-state index contributed by atoms with van der Waals surface area (Å²) in [5, 5.41) is 3.64. The van der Waals surface area contributed by atoms with Gasteiger partial charge in [-0.3, -0.25) is 0 Å². The van der Waals surface area contributed by atoms with Gasteiger partial charge in [0.05, 0.1) is 6.04 Å². The second-order valence-electron chi connectivity index (χ2n) is 8.25. The van der Waals surface area contributed by atoms with Crippen LogP contribution < -0.4 is 5.32 Å². The molecule has 1 N–H and O–H groups in total. The number of ether oxygens (including phenoxy) is 1. The maximum absolute atomic E-state index is 12.6. The summed E-state index contributed by atoms with van der Waals surface area (Å²) in [6.45, 7) is 6.49. The van der Waals surface area contributed by atoms with Gasteiger partial charge in [-0.05, 0) is 52.5 Å². The molecule has 0 spiro atoms. The first kappa shape index (κ1) is 18.0. The Bertz CT molecular complexity index is 591. The number of pyridine rings is 1. The number of likely N-dealkylation sites (tertiary alicyclic amines) is 1. The van der Waals surface area contributed by atoms with E-state index in [4.69, 9.17) is 4.74 Å². The third kappa shape index (κ3) is 4.65. The average Bonchev–Trinajstić information content (AvgIpc) is 3.04. The van der Waals surface area contributed by atoms with Crippen LogP contribution in [0.2, 0.25) is 0 Å². The lowest BCUT2D eigenvalue weighted by atomic mass is 9.95. The zero-order valence-corrected chi connectivity index (χ0v) is 15.8.